The Hall–Kier alpha value is -2.85. The van der Waals surface area contributed by atoms with Gasteiger partial charge in [-0.2, -0.15) is 0 Å². The molecule has 0 saturated carbocycles. The SMILES string of the molecule is CCCCCCCC/C=C\CCCCCCCC(=O)OCC(COP(=O)(O)OCC[N+](C)(C)C)OC(=O)CC/C=C/C/C=C/C/C=C/C/C=C/C/C=C/C/C=C\C(C)O. The minimum absolute atomic E-state index is 0.00739. The third kappa shape index (κ3) is 44.5. The first-order chi connectivity index (χ1) is 28.3. The fourth-order valence-corrected chi connectivity index (χ4v) is 6.20. The number of carbonyl (C=O) groups excluding carboxylic acids is 2. The molecule has 0 saturated heterocycles. The summed E-state index contributed by atoms with van der Waals surface area (Å²) in [4.78, 5) is 35.3. The highest BCUT2D eigenvalue weighted by Crippen LogP contribution is 2.43. The number of aliphatic hydroxyl groups is 1. The monoisotopic (exact) mass is 849 g/mol. The number of carbonyl (C=O) groups is 2. The normalized spacial score (nSPS) is 14.9. The largest absolute Gasteiger partial charge is 0.472 e. The lowest BCUT2D eigenvalue weighted by Crippen LogP contribution is -2.37. The Morgan fingerprint density at radius 2 is 1.07 bits per heavy atom. The van der Waals surface area contributed by atoms with Gasteiger partial charge in [0.1, 0.15) is 19.8 Å². The first-order valence-electron chi connectivity index (χ1n) is 22.4. The van der Waals surface area contributed by atoms with Gasteiger partial charge >= 0.3 is 19.8 Å². The molecule has 0 aromatic heterocycles. The van der Waals surface area contributed by atoms with E-state index in [2.05, 4.69) is 67.7 Å². The van der Waals surface area contributed by atoms with Crippen molar-refractivity contribution in [1.29, 1.82) is 0 Å². The van der Waals surface area contributed by atoms with E-state index in [1.807, 2.05) is 39.4 Å². The quantitative estimate of drug-likeness (QED) is 0.0204. The van der Waals surface area contributed by atoms with Gasteiger partial charge in [-0.05, 0) is 77.6 Å². The predicted octanol–water partition coefficient (Wildman–Crippen LogP) is 11.8. The molecule has 0 bridgehead atoms. The Morgan fingerprint density at radius 3 is 1.59 bits per heavy atom. The molecule has 3 unspecified atom stereocenters. The zero-order valence-electron chi connectivity index (χ0n) is 37.6. The van der Waals surface area contributed by atoms with Crippen LogP contribution in [0.25, 0.3) is 0 Å². The van der Waals surface area contributed by atoms with Gasteiger partial charge in [0.25, 0.3) is 0 Å². The zero-order chi connectivity index (χ0) is 43.7. The number of allylic oxidation sites excluding steroid dienone is 13. The van der Waals surface area contributed by atoms with Gasteiger partial charge in [0.05, 0.1) is 33.9 Å². The van der Waals surface area contributed by atoms with Crippen LogP contribution >= 0.6 is 7.82 Å². The van der Waals surface area contributed by atoms with Crippen molar-refractivity contribution in [2.45, 2.75) is 161 Å². The summed E-state index contributed by atoms with van der Waals surface area (Å²) in [5.41, 5.74) is 0. The molecular formula is C48H83NO9P+. The number of ether oxygens (including phenoxy) is 2. The number of phosphoric ester groups is 1. The molecule has 0 aliphatic heterocycles. The van der Waals surface area contributed by atoms with E-state index in [4.69, 9.17) is 18.5 Å². The van der Waals surface area contributed by atoms with Gasteiger partial charge < -0.3 is 24.0 Å². The van der Waals surface area contributed by atoms with E-state index in [0.717, 1.165) is 64.2 Å². The fraction of sp³-hybridized carbons (Fsp3) is 0.667. The molecule has 338 valence electrons. The third-order valence-corrected chi connectivity index (χ3v) is 9.92. The number of esters is 2. The zero-order valence-corrected chi connectivity index (χ0v) is 38.5. The molecule has 0 radical (unpaired) electrons. The van der Waals surface area contributed by atoms with Crippen molar-refractivity contribution < 1.29 is 47.2 Å². The van der Waals surface area contributed by atoms with Gasteiger partial charge in [0.15, 0.2) is 6.10 Å². The van der Waals surface area contributed by atoms with E-state index in [0.29, 0.717) is 23.9 Å². The van der Waals surface area contributed by atoms with Crippen LogP contribution in [-0.4, -0.2) is 86.1 Å². The Kier molecular flexibility index (Phi) is 37.4. The van der Waals surface area contributed by atoms with Crippen molar-refractivity contribution >= 4 is 19.8 Å². The van der Waals surface area contributed by atoms with Crippen molar-refractivity contribution in [1.82, 2.24) is 0 Å². The first kappa shape index (κ1) is 56.1. The van der Waals surface area contributed by atoms with Crippen molar-refractivity contribution in [3.63, 3.8) is 0 Å². The Labute approximate surface area is 359 Å². The highest BCUT2D eigenvalue weighted by Gasteiger charge is 2.27. The van der Waals surface area contributed by atoms with Crippen LogP contribution in [0.3, 0.4) is 0 Å². The molecule has 0 spiro atoms. The average Bonchev–Trinajstić information content (AvgIpc) is 3.17. The van der Waals surface area contributed by atoms with Crippen LogP contribution in [0.15, 0.2) is 85.1 Å². The standard InChI is InChI=1S/C48H82NO9P/c1-6-7-8-9-10-11-12-13-17-21-24-27-30-33-36-39-47(51)55-43-46(44-57-59(53,54)56-42-41-49(3,4)5)58-48(52)40-37-34-31-28-25-22-19-16-14-15-18-20-23-26-29-32-35-38-45(2)50/h13-14,16-18,20,22,25-26,29,31,34-35,38,45-46,50H,6-12,15,19,21,23-24,27-28,30,32-33,36-37,39-44H2,1-5H3/p+1/b16-14+,17-13-,20-18+,25-22+,29-26+,34-31+,38-35-. The lowest BCUT2D eigenvalue weighted by atomic mass is 10.1. The van der Waals surface area contributed by atoms with E-state index in [-0.39, 0.29) is 26.1 Å². The molecule has 2 N–H and O–H groups in total. The molecule has 0 rings (SSSR count). The molecule has 0 aromatic rings. The van der Waals surface area contributed by atoms with Crippen molar-refractivity contribution in [2.75, 3.05) is 47.5 Å². The summed E-state index contributed by atoms with van der Waals surface area (Å²) in [7, 11) is 1.39. The molecule has 10 nitrogen and oxygen atoms in total. The number of unbranched alkanes of at least 4 members (excludes halogenated alkanes) is 11. The summed E-state index contributed by atoms with van der Waals surface area (Å²) in [5, 5.41) is 9.19. The Balaban J connectivity index is 4.51. The molecule has 0 aliphatic rings. The van der Waals surface area contributed by atoms with E-state index < -0.39 is 38.6 Å². The number of nitrogens with zero attached hydrogens (tertiary/aromatic N) is 1. The second kappa shape index (κ2) is 39.3. The summed E-state index contributed by atoms with van der Waals surface area (Å²) < 4.78 is 34.2. The van der Waals surface area contributed by atoms with Gasteiger partial charge in [-0.25, -0.2) is 4.57 Å². The first-order valence-corrected chi connectivity index (χ1v) is 23.9. The number of phosphoric acid groups is 1. The summed E-state index contributed by atoms with van der Waals surface area (Å²) in [5.74, 6) is -0.928. The lowest BCUT2D eigenvalue weighted by Gasteiger charge is -2.24. The minimum Gasteiger partial charge on any atom is -0.462 e. The molecule has 0 aromatic carbocycles. The van der Waals surface area contributed by atoms with Gasteiger partial charge in [0, 0.05) is 12.8 Å². The number of aliphatic hydroxyl groups excluding tert-OH is 1. The molecule has 0 aliphatic carbocycles. The van der Waals surface area contributed by atoms with Crippen LogP contribution in [0.1, 0.15) is 149 Å². The van der Waals surface area contributed by atoms with Crippen LogP contribution in [-0.2, 0) is 32.7 Å². The second-order valence-corrected chi connectivity index (χ2v) is 17.4. The molecular weight excluding hydrogens is 765 g/mol. The number of hydrogen-bond donors (Lipinski definition) is 2. The van der Waals surface area contributed by atoms with Gasteiger partial charge in [0.2, 0.25) is 0 Å². The van der Waals surface area contributed by atoms with Crippen LogP contribution in [0.5, 0.6) is 0 Å². The van der Waals surface area contributed by atoms with Crippen LogP contribution in [0.2, 0.25) is 0 Å². The second-order valence-electron chi connectivity index (χ2n) is 16.0. The number of quaternary nitrogens is 1. The van der Waals surface area contributed by atoms with E-state index in [1.54, 1.807) is 13.0 Å². The highest BCUT2D eigenvalue weighted by molar-refractivity contribution is 7.47. The molecule has 0 fully saturated rings. The van der Waals surface area contributed by atoms with Gasteiger partial charge in [-0.3, -0.25) is 18.6 Å². The van der Waals surface area contributed by atoms with Crippen LogP contribution in [0, 0.1) is 0 Å². The fourth-order valence-electron chi connectivity index (χ4n) is 5.46. The molecule has 3 atom stereocenters. The van der Waals surface area contributed by atoms with E-state index in [1.165, 1.54) is 44.9 Å². The van der Waals surface area contributed by atoms with Crippen molar-refractivity contribution in [3.05, 3.63) is 85.1 Å². The van der Waals surface area contributed by atoms with E-state index >= 15 is 0 Å². The summed E-state index contributed by atoms with van der Waals surface area (Å²) in [6, 6.07) is 0. The van der Waals surface area contributed by atoms with Crippen molar-refractivity contribution in [3.8, 4) is 0 Å². The number of likely N-dealkylation sites (N-methyl/N-ethyl adjacent to an activating group) is 1. The summed E-state index contributed by atoms with van der Waals surface area (Å²) in [6.07, 6.45) is 47.9. The Bertz CT molecular complexity index is 1290. The highest BCUT2D eigenvalue weighted by atomic mass is 31.2. The molecule has 11 heteroatoms. The topological polar surface area (TPSA) is 129 Å². The third-order valence-electron chi connectivity index (χ3n) is 8.94. The lowest BCUT2D eigenvalue weighted by molar-refractivity contribution is -0.870. The van der Waals surface area contributed by atoms with E-state index in [9.17, 15) is 24.2 Å². The average molecular weight is 849 g/mol. The predicted molar refractivity (Wildman–Crippen MR) is 244 cm³/mol. The van der Waals surface area contributed by atoms with Crippen LogP contribution in [0.4, 0.5) is 0 Å². The maximum atomic E-state index is 12.7. The summed E-state index contributed by atoms with van der Waals surface area (Å²) in [6.45, 7) is 3.76. The maximum absolute atomic E-state index is 12.7. The maximum Gasteiger partial charge on any atom is 0.472 e. The van der Waals surface area contributed by atoms with Crippen LogP contribution < -0.4 is 0 Å². The summed E-state index contributed by atoms with van der Waals surface area (Å²) >= 11 is 0. The smallest absolute Gasteiger partial charge is 0.462 e. The van der Waals surface area contributed by atoms with Gasteiger partial charge in [-0.1, -0.05) is 143 Å². The molecule has 0 amide bonds. The van der Waals surface area contributed by atoms with Gasteiger partial charge in [-0.15, -0.1) is 0 Å². The molecule has 0 heterocycles. The number of rotatable bonds is 39. The van der Waals surface area contributed by atoms with Crippen molar-refractivity contribution in [2.24, 2.45) is 0 Å². The number of hydrogen-bond acceptors (Lipinski definition) is 8. The Morgan fingerprint density at radius 1 is 0.593 bits per heavy atom. The minimum atomic E-state index is -4.41. The molecule has 59 heavy (non-hydrogen) atoms.